The molecule has 0 saturated heterocycles. The summed E-state index contributed by atoms with van der Waals surface area (Å²) in [4.78, 5) is 10.2. The Labute approximate surface area is 91.9 Å². The minimum Gasteiger partial charge on any atom is -0.378 e. The molecule has 0 radical (unpaired) electrons. The quantitative estimate of drug-likeness (QED) is 0.590. The molecule has 7 heteroatoms. The summed E-state index contributed by atoms with van der Waals surface area (Å²) in [7, 11) is 1.45. The Morgan fingerprint density at radius 2 is 2.27 bits per heavy atom. The maximum absolute atomic E-state index is 10.8. The van der Waals surface area contributed by atoms with Crippen molar-refractivity contribution in [2.24, 2.45) is 0 Å². The van der Waals surface area contributed by atoms with E-state index in [-0.39, 0.29) is 29.2 Å². The van der Waals surface area contributed by atoms with Crippen molar-refractivity contribution in [3.63, 3.8) is 0 Å². The molecule has 0 aliphatic carbocycles. The number of nitrogens with zero attached hydrogens (tertiary/aromatic N) is 3. The van der Waals surface area contributed by atoms with Crippen molar-refractivity contribution in [1.29, 1.82) is 0 Å². The molecule has 0 fully saturated rings. The van der Waals surface area contributed by atoms with Crippen LogP contribution in [0.5, 0.6) is 0 Å². The molecule has 15 heavy (non-hydrogen) atoms. The molecule has 0 amide bonds. The van der Waals surface area contributed by atoms with Crippen LogP contribution in [0, 0.1) is 10.1 Å². The maximum Gasteiger partial charge on any atom is 0.331 e. The van der Waals surface area contributed by atoms with Crippen molar-refractivity contribution >= 4 is 17.3 Å². The van der Waals surface area contributed by atoms with Gasteiger partial charge in [-0.05, 0) is 13.8 Å². The van der Waals surface area contributed by atoms with E-state index in [0.29, 0.717) is 0 Å². The van der Waals surface area contributed by atoms with Crippen LogP contribution in [0.15, 0.2) is 0 Å². The Morgan fingerprint density at radius 1 is 1.67 bits per heavy atom. The molecule has 1 aromatic heterocycles. The Hall–Kier alpha value is -1.14. The second kappa shape index (κ2) is 4.59. The van der Waals surface area contributed by atoms with Crippen LogP contribution in [0.2, 0.25) is 5.15 Å². The van der Waals surface area contributed by atoms with E-state index in [9.17, 15) is 10.1 Å². The van der Waals surface area contributed by atoms with Gasteiger partial charge in [0.15, 0.2) is 5.69 Å². The highest BCUT2D eigenvalue weighted by atomic mass is 35.5. The lowest BCUT2D eigenvalue weighted by molar-refractivity contribution is -0.385. The first-order valence-electron chi connectivity index (χ1n) is 4.39. The Bertz CT molecular complexity index is 375. The van der Waals surface area contributed by atoms with Gasteiger partial charge < -0.3 is 4.74 Å². The number of aromatic nitrogens is 2. The van der Waals surface area contributed by atoms with Gasteiger partial charge in [-0.15, -0.1) is 0 Å². The Kier molecular flexibility index (Phi) is 3.65. The van der Waals surface area contributed by atoms with Gasteiger partial charge in [0.2, 0.25) is 5.15 Å². The van der Waals surface area contributed by atoms with Crippen molar-refractivity contribution in [3.8, 4) is 0 Å². The molecule has 0 N–H and O–H groups in total. The predicted octanol–water partition coefficient (Wildman–Crippen LogP) is 2.17. The first-order valence-corrected chi connectivity index (χ1v) is 4.77. The van der Waals surface area contributed by atoms with E-state index in [1.807, 2.05) is 13.8 Å². The SMILES string of the molecule is COCc1nn(C(C)C)c(Cl)c1[N+](=O)[O-]. The van der Waals surface area contributed by atoms with Gasteiger partial charge in [0.1, 0.15) is 0 Å². The summed E-state index contributed by atoms with van der Waals surface area (Å²) in [6.07, 6.45) is 0. The summed E-state index contributed by atoms with van der Waals surface area (Å²) in [5.74, 6) is 0. The third kappa shape index (κ3) is 2.27. The van der Waals surface area contributed by atoms with Gasteiger partial charge in [-0.25, -0.2) is 4.68 Å². The van der Waals surface area contributed by atoms with Gasteiger partial charge in [0, 0.05) is 13.2 Å². The number of hydrogen-bond acceptors (Lipinski definition) is 4. The van der Waals surface area contributed by atoms with Crippen LogP contribution >= 0.6 is 11.6 Å². The van der Waals surface area contributed by atoms with Crippen LogP contribution in [-0.4, -0.2) is 21.8 Å². The van der Waals surface area contributed by atoms with Crippen molar-refractivity contribution < 1.29 is 9.66 Å². The van der Waals surface area contributed by atoms with Crippen LogP contribution in [0.3, 0.4) is 0 Å². The molecule has 1 heterocycles. The second-order valence-electron chi connectivity index (χ2n) is 3.31. The lowest BCUT2D eigenvalue weighted by Gasteiger charge is -2.04. The zero-order valence-electron chi connectivity index (χ0n) is 8.73. The first kappa shape index (κ1) is 11.9. The lowest BCUT2D eigenvalue weighted by atomic mass is 10.4. The van der Waals surface area contributed by atoms with Gasteiger partial charge in [-0.3, -0.25) is 10.1 Å². The molecule has 1 aromatic rings. The molecule has 84 valence electrons. The summed E-state index contributed by atoms with van der Waals surface area (Å²) >= 11 is 5.86. The molecule has 0 aromatic carbocycles. The predicted molar refractivity (Wildman–Crippen MR) is 55.0 cm³/mol. The minimum absolute atomic E-state index is 0.0261. The molecule has 0 bridgehead atoms. The van der Waals surface area contributed by atoms with Gasteiger partial charge >= 0.3 is 5.69 Å². The van der Waals surface area contributed by atoms with Crippen LogP contribution in [0.1, 0.15) is 25.6 Å². The summed E-state index contributed by atoms with van der Waals surface area (Å²) in [5, 5.41) is 14.8. The molecule has 0 unspecified atom stereocenters. The number of rotatable bonds is 4. The number of halogens is 1. The summed E-state index contributed by atoms with van der Waals surface area (Å²) in [5.41, 5.74) is 0.0772. The Morgan fingerprint density at radius 3 is 2.67 bits per heavy atom. The summed E-state index contributed by atoms with van der Waals surface area (Å²) in [6, 6.07) is -0.0261. The number of methoxy groups -OCH3 is 1. The smallest absolute Gasteiger partial charge is 0.331 e. The van der Waals surface area contributed by atoms with Crippen LogP contribution in [0.4, 0.5) is 5.69 Å². The van der Waals surface area contributed by atoms with Crippen molar-refractivity contribution in [1.82, 2.24) is 9.78 Å². The van der Waals surface area contributed by atoms with Gasteiger partial charge in [-0.1, -0.05) is 11.6 Å². The second-order valence-corrected chi connectivity index (χ2v) is 3.67. The van der Waals surface area contributed by atoms with Crippen molar-refractivity contribution in [3.05, 3.63) is 21.0 Å². The highest BCUT2D eigenvalue weighted by molar-refractivity contribution is 6.31. The molecule has 1 rings (SSSR count). The van der Waals surface area contributed by atoms with Gasteiger partial charge in [0.05, 0.1) is 11.5 Å². The topological polar surface area (TPSA) is 70.2 Å². The molecule has 0 aliphatic heterocycles. The normalized spacial score (nSPS) is 11.0. The highest BCUT2D eigenvalue weighted by Gasteiger charge is 2.27. The summed E-state index contributed by atoms with van der Waals surface area (Å²) < 4.78 is 6.24. The van der Waals surface area contributed by atoms with Gasteiger partial charge in [0.25, 0.3) is 0 Å². The van der Waals surface area contributed by atoms with E-state index in [1.165, 1.54) is 11.8 Å². The van der Waals surface area contributed by atoms with Crippen molar-refractivity contribution in [2.45, 2.75) is 26.5 Å². The van der Waals surface area contributed by atoms with E-state index < -0.39 is 4.92 Å². The van der Waals surface area contributed by atoms with E-state index >= 15 is 0 Å². The standard InChI is InChI=1S/C8H12ClN3O3/c1-5(2)11-8(9)7(12(13)14)6(10-11)4-15-3/h5H,4H2,1-3H3. The fourth-order valence-electron chi connectivity index (χ4n) is 1.21. The zero-order valence-corrected chi connectivity index (χ0v) is 9.48. The minimum atomic E-state index is -0.539. The molecule has 0 spiro atoms. The average molecular weight is 234 g/mol. The van der Waals surface area contributed by atoms with E-state index in [2.05, 4.69) is 5.10 Å². The lowest BCUT2D eigenvalue weighted by Crippen LogP contribution is -2.03. The highest BCUT2D eigenvalue weighted by Crippen LogP contribution is 2.30. The fourth-order valence-corrected chi connectivity index (χ4v) is 1.62. The third-order valence-corrected chi connectivity index (χ3v) is 2.20. The Balaban J connectivity index is 3.26. The molecule has 0 aliphatic rings. The van der Waals surface area contributed by atoms with Gasteiger partial charge in [-0.2, -0.15) is 5.10 Å². The van der Waals surface area contributed by atoms with Crippen LogP contribution in [-0.2, 0) is 11.3 Å². The van der Waals surface area contributed by atoms with E-state index in [1.54, 1.807) is 0 Å². The third-order valence-electron chi connectivity index (χ3n) is 1.85. The number of ether oxygens (including phenoxy) is 1. The molecule has 0 saturated carbocycles. The first-order chi connectivity index (χ1) is 6.99. The number of nitro groups is 1. The molecule has 6 nitrogen and oxygen atoms in total. The summed E-state index contributed by atoms with van der Waals surface area (Å²) in [6.45, 7) is 3.77. The fraction of sp³-hybridized carbons (Fsp3) is 0.625. The van der Waals surface area contributed by atoms with Crippen LogP contribution < -0.4 is 0 Å². The maximum atomic E-state index is 10.8. The number of hydrogen-bond donors (Lipinski definition) is 0. The zero-order chi connectivity index (χ0) is 11.6. The monoisotopic (exact) mass is 233 g/mol. The van der Waals surface area contributed by atoms with Crippen molar-refractivity contribution in [2.75, 3.05) is 7.11 Å². The van der Waals surface area contributed by atoms with E-state index in [4.69, 9.17) is 16.3 Å². The van der Waals surface area contributed by atoms with Crippen LogP contribution in [0.25, 0.3) is 0 Å². The molecule has 0 atom stereocenters. The average Bonchev–Trinajstić information content (AvgIpc) is 2.43. The molecular formula is C8H12ClN3O3. The van der Waals surface area contributed by atoms with E-state index in [0.717, 1.165) is 0 Å². The molecular weight excluding hydrogens is 222 g/mol. The largest absolute Gasteiger partial charge is 0.378 e.